The van der Waals surface area contributed by atoms with E-state index in [1.54, 1.807) is 0 Å². The maximum atomic E-state index is 11.7. The molecule has 6 nitrogen and oxygen atoms in total. The summed E-state index contributed by atoms with van der Waals surface area (Å²) in [5.41, 5.74) is 2.30. The summed E-state index contributed by atoms with van der Waals surface area (Å²) < 4.78 is 23.4. The molecule has 1 saturated heterocycles. The van der Waals surface area contributed by atoms with Gasteiger partial charge in [0.2, 0.25) is 0 Å². The molecule has 114 valence electrons. The van der Waals surface area contributed by atoms with Gasteiger partial charge < -0.3 is 4.90 Å². The average Bonchev–Trinajstić information content (AvgIpc) is 2.44. The molecule has 0 amide bonds. The zero-order valence-electron chi connectivity index (χ0n) is 12.6. The third kappa shape index (κ3) is 3.00. The highest BCUT2D eigenvalue weighted by Crippen LogP contribution is 2.26. The number of nitrogens with zero attached hydrogens (tertiary/aromatic N) is 4. The van der Waals surface area contributed by atoms with E-state index < -0.39 is 9.84 Å². The number of aromatic nitrogens is 2. The molecule has 0 N–H and O–H groups in total. The van der Waals surface area contributed by atoms with Gasteiger partial charge in [-0.25, -0.2) is 8.42 Å². The van der Waals surface area contributed by atoms with Crippen molar-refractivity contribution in [3.05, 3.63) is 16.8 Å². The average molecular weight is 308 g/mol. The van der Waals surface area contributed by atoms with Crippen molar-refractivity contribution in [3.63, 3.8) is 0 Å². The van der Waals surface area contributed by atoms with Crippen molar-refractivity contribution in [1.82, 2.24) is 10.2 Å². The lowest BCUT2D eigenvalue weighted by molar-refractivity contribution is 0.565. The molecule has 2 rings (SSSR count). The third-order valence-electron chi connectivity index (χ3n) is 3.88. The number of hydrogen-bond donors (Lipinski definition) is 0. The molecule has 1 atom stereocenters. The van der Waals surface area contributed by atoms with E-state index in [0.29, 0.717) is 17.9 Å². The van der Waals surface area contributed by atoms with E-state index >= 15 is 0 Å². The highest BCUT2D eigenvalue weighted by Gasteiger charge is 2.31. The van der Waals surface area contributed by atoms with Crippen molar-refractivity contribution in [2.24, 2.45) is 0 Å². The zero-order valence-corrected chi connectivity index (χ0v) is 13.4. The van der Waals surface area contributed by atoms with E-state index in [-0.39, 0.29) is 17.5 Å². The Morgan fingerprint density at radius 2 is 2.05 bits per heavy atom. The molecule has 1 aromatic rings. The summed E-state index contributed by atoms with van der Waals surface area (Å²) in [6.45, 7) is 6.19. The van der Waals surface area contributed by atoms with Crippen LogP contribution in [-0.4, -0.2) is 42.7 Å². The minimum Gasteiger partial charge on any atom is -0.349 e. The molecule has 1 aromatic heterocycles. The number of sulfone groups is 1. The van der Waals surface area contributed by atoms with Gasteiger partial charge in [0.15, 0.2) is 15.7 Å². The van der Waals surface area contributed by atoms with Crippen molar-refractivity contribution < 1.29 is 8.42 Å². The maximum Gasteiger partial charge on any atom is 0.169 e. The number of hydrogen-bond acceptors (Lipinski definition) is 6. The summed E-state index contributed by atoms with van der Waals surface area (Å²) in [6, 6.07) is 2.04. The molecule has 1 unspecified atom stereocenters. The second-order valence-corrected chi connectivity index (χ2v) is 7.53. The van der Waals surface area contributed by atoms with Crippen molar-refractivity contribution in [2.45, 2.75) is 39.7 Å². The second kappa shape index (κ2) is 5.98. The van der Waals surface area contributed by atoms with Gasteiger partial charge >= 0.3 is 0 Å². The van der Waals surface area contributed by atoms with Crippen LogP contribution < -0.4 is 4.90 Å². The van der Waals surface area contributed by atoms with Gasteiger partial charge in [0.25, 0.3) is 0 Å². The minimum absolute atomic E-state index is 0.0938. The normalized spacial score (nSPS) is 21.0. The predicted molar refractivity (Wildman–Crippen MR) is 81.0 cm³/mol. The van der Waals surface area contributed by atoms with Crippen LogP contribution in [-0.2, 0) is 22.7 Å². The predicted octanol–water partition coefficient (Wildman–Crippen LogP) is 1.10. The van der Waals surface area contributed by atoms with Crippen molar-refractivity contribution >= 4 is 15.7 Å². The first-order valence-electron chi connectivity index (χ1n) is 7.19. The number of aryl methyl sites for hydroxylation is 1. The van der Waals surface area contributed by atoms with Crippen LogP contribution in [0.4, 0.5) is 5.82 Å². The fourth-order valence-corrected chi connectivity index (χ4v) is 4.35. The Bertz CT molecular complexity index is 679. The van der Waals surface area contributed by atoms with E-state index in [1.165, 1.54) is 0 Å². The summed E-state index contributed by atoms with van der Waals surface area (Å²) in [4.78, 5) is 1.89. The van der Waals surface area contributed by atoms with Crippen LogP contribution in [0, 0.1) is 11.3 Å². The fourth-order valence-electron chi connectivity index (χ4n) is 2.79. The summed E-state index contributed by atoms with van der Waals surface area (Å²) in [5.74, 6) is 0.714. The monoisotopic (exact) mass is 308 g/mol. The molecule has 1 fully saturated rings. The Morgan fingerprint density at radius 3 is 2.57 bits per heavy atom. The summed E-state index contributed by atoms with van der Waals surface area (Å²) in [6.07, 6.45) is 1.45. The van der Waals surface area contributed by atoms with Crippen molar-refractivity contribution in [3.8, 4) is 6.07 Å². The highest BCUT2D eigenvalue weighted by molar-refractivity contribution is 7.91. The lowest BCUT2D eigenvalue weighted by Gasteiger charge is -2.34. The Hall–Kier alpha value is -1.68. The standard InChI is InChI=1S/C14H20N4O2S/c1-4-11-12(8-15)14(17-16-13(11)5-2)18-6-7-21(19,20)9-10(18)3/h10H,4-7,9H2,1-3H3. The topological polar surface area (TPSA) is 87.0 Å². The van der Waals surface area contributed by atoms with Gasteiger partial charge in [0.05, 0.1) is 17.2 Å². The van der Waals surface area contributed by atoms with Crippen LogP contribution in [0.2, 0.25) is 0 Å². The molecule has 0 aromatic carbocycles. The van der Waals surface area contributed by atoms with Crippen LogP contribution in [0.5, 0.6) is 0 Å². The SMILES string of the molecule is CCc1nnc(N2CCS(=O)(=O)CC2C)c(C#N)c1CC. The van der Waals surface area contributed by atoms with Crippen LogP contribution >= 0.6 is 0 Å². The summed E-state index contributed by atoms with van der Waals surface area (Å²) in [7, 11) is -2.99. The van der Waals surface area contributed by atoms with E-state index in [4.69, 9.17) is 0 Å². The molecule has 21 heavy (non-hydrogen) atoms. The second-order valence-electron chi connectivity index (χ2n) is 5.30. The molecule has 1 aliphatic rings. The molecule has 0 spiro atoms. The fraction of sp³-hybridized carbons (Fsp3) is 0.643. The minimum atomic E-state index is -2.99. The third-order valence-corrected chi connectivity index (χ3v) is 5.68. The van der Waals surface area contributed by atoms with Crippen molar-refractivity contribution in [2.75, 3.05) is 23.0 Å². The molecule has 0 saturated carbocycles. The molecule has 2 heterocycles. The van der Waals surface area contributed by atoms with Crippen molar-refractivity contribution in [1.29, 1.82) is 5.26 Å². The molecule has 7 heteroatoms. The van der Waals surface area contributed by atoms with Gasteiger partial charge in [0, 0.05) is 12.6 Å². The van der Waals surface area contributed by atoms with E-state index in [2.05, 4.69) is 16.3 Å². The van der Waals surface area contributed by atoms with Gasteiger partial charge in [-0.2, -0.15) is 10.4 Å². The quantitative estimate of drug-likeness (QED) is 0.831. The molecule has 1 aliphatic heterocycles. The highest BCUT2D eigenvalue weighted by atomic mass is 32.2. The first-order valence-corrected chi connectivity index (χ1v) is 9.01. The smallest absolute Gasteiger partial charge is 0.169 e. The largest absolute Gasteiger partial charge is 0.349 e. The first-order chi connectivity index (χ1) is 9.93. The number of nitriles is 1. The van der Waals surface area contributed by atoms with Gasteiger partial charge in [-0.1, -0.05) is 13.8 Å². The Balaban J connectivity index is 2.48. The van der Waals surface area contributed by atoms with Crippen LogP contribution in [0.1, 0.15) is 37.6 Å². The molecular formula is C14H20N4O2S. The van der Waals surface area contributed by atoms with E-state index in [0.717, 1.165) is 24.1 Å². The van der Waals surface area contributed by atoms with Gasteiger partial charge in [-0.15, -0.1) is 5.10 Å². The van der Waals surface area contributed by atoms with Gasteiger partial charge in [-0.3, -0.25) is 0 Å². The Labute approximate surface area is 125 Å². The number of anilines is 1. The molecule has 0 aliphatic carbocycles. The Morgan fingerprint density at radius 1 is 1.33 bits per heavy atom. The van der Waals surface area contributed by atoms with Crippen LogP contribution in [0.15, 0.2) is 0 Å². The Kier molecular flexibility index (Phi) is 4.47. The molecule has 0 radical (unpaired) electrons. The summed E-state index contributed by atoms with van der Waals surface area (Å²) >= 11 is 0. The molecule has 0 bridgehead atoms. The van der Waals surface area contributed by atoms with Crippen LogP contribution in [0.25, 0.3) is 0 Å². The van der Waals surface area contributed by atoms with E-state index in [9.17, 15) is 13.7 Å². The van der Waals surface area contributed by atoms with Crippen LogP contribution in [0.3, 0.4) is 0 Å². The first kappa shape index (κ1) is 15.7. The summed E-state index contributed by atoms with van der Waals surface area (Å²) in [5, 5.41) is 17.9. The lowest BCUT2D eigenvalue weighted by atomic mass is 10.0. The van der Waals surface area contributed by atoms with Gasteiger partial charge in [0.1, 0.15) is 11.6 Å². The van der Waals surface area contributed by atoms with Gasteiger partial charge in [-0.05, 0) is 25.3 Å². The maximum absolute atomic E-state index is 11.7. The lowest BCUT2D eigenvalue weighted by Crippen LogP contribution is -2.47. The molecular weight excluding hydrogens is 288 g/mol. The zero-order chi connectivity index (χ0) is 15.6. The van der Waals surface area contributed by atoms with E-state index in [1.807, 2.05) is 25.7 Å². The number of rotatable bonds is 3.